The van der Waals surface area contributed by atoms with E-state index in [0.717, 1.165) is 12.8 Å². The van der Waals surface area contributed by atoms with E-state index in [9.17, 15) is 14.9 Å². The highest BCUT2D eigenvalue weighted by Crippen LogP contribution is 2.32. The number of nitrogens with two attached hydrogens (primary N) is 1. The molecule has 20 heavy (non-hydrogen) atoms. The maximum Gasteiger partial charge on any atom is 0.314 e. The van der Waals surface area contributed by atoms with E-state index in [1.54, 1.807) is 19.2 Å². The van der Waals surface area contributed by atoms with E-state index >= 15 is 0 Å². The van der Waals surface area contributed by atoms with Crippen molar-refractivity contribution in [3.05, 3.63) is 27.9 Å². The molecule has 1 aromatic rings. The number of carbonyl (C=O) groups excluding carboxylic acids is 1. The molecule has 1 aliphatic heterocycles. The number of carbonyl (C=O) groups is 1. The van der Waals surface area contributed by atoms with E-state index in [0.29, 0.717) is 30.9 Å². The lowest BCUT2D eigenvalue weighted by molar-refractivity contribution is -0.384. The summed E-state index contributed by atoms with van der Waals surface area (Å²) in [5.41, 5.74) is 5.87. The number of amides is 1. The van der Waals surface area contributed by atoms with E-state index in [2.05, 4.69) is 4.98 Å². The fourth-order valence-electron chi connectivity index (χ4n) is 2.70. The first-order valence-corrected chi connectivity index (χ1v) is 6.62. The third-order valence-electron chi connectivity index (χ3n) is 3.60. The van der Waals surface area contributed by atoms with Crippen LogP contribution in [0.25, 0.3) is 0 Å². The predicted molar refractivity (Wildman–Crippen MR) is 74.4 cm³/mol. The first-order chi connectivity index (χ1) is 9.49. The molecule has 0 saturated carbocycles. The molecule has 1 atom stereocenters. The molecular weight excluding hydrogens is 260 g/mol. The maximum absolute atomic E-state index is 11.2. The van der Waals surface area contributed by atoms with Gasteiger partial charge < -0.3 is 10.6 Å². The normalized spacial score (nSPS) is 18.9. The second-order valence-electron chi connectivity index (χ2n) is 5.18. The predicted octanol–water partition coefficient (Wildman–Crippen LogP) is 1.39. The van der Waals surface area contributed by atoms with Crippen LogP contribution < -0.4 is 10.6 Å². The lowest BCUT2D eigenvalue weighted by Gasteiger charge is -2.32. The highest BCUT2D eigenvalue weighted by atomic mass is 16.6. The van der Waals surface area contributed by atoms with Crippen molar-refractivity contribution in [3.8, 4) is 0 Å². The number of primary amides is 1. The molecule has 0 aliphatic carbocycles. The van der Waals surface area contributed by atoms with Crippen LogP contribution in [-0.2, 0) is 4.79 Å². The zero-order chi connectivity index (χ0) is 14.7. The van der Waals surface area contributed by atoms with Gasteiger partial charge in [0.15, 0.2) is 0 Å². The van der Waals surface area contributed by atoms with Crippen LogP contribution in [0.15, 0.2) is 12.3 Å². The molecule has 1 unspecified atom stereocenters. The van der Waals surface area contributed by atoms with Gasteiger partial charge in [0, 0.05) is 31.3 Å². The molecule has 7 heteroatoms. The SMILES string of the molecule is Cc1ccnc(N2CCCC(CC(N)=O)C2)c1[N+](=O)[O-]. The van der Waals surface area contributed by atoms with Crippen molar-refractivity contribution >= 4 is 17.4 Å². The van der Waals surface area contributed by atoms with Crippen LogP contribution in [-0.4, -0.2) is 28.9 Å². The molecule has 0 spiro atoms. The molecule has 1 amide bonds. The average Bonchev–Trinajstić information content (AvgIpc) is 2.37. The van der Waals surface area contributed by atoms with Gasteiger partial charge in [-0.2, -0.15) is 0 Å². The largest absolute Gasteiger partial charge is 0.370 e. The third-order valence-corrected chi connectivity index (χ3v) is 3.60. The lowest BCUT2D eigenvalue weighted by Crippen LogP contribution is -2.38. The Labute approximate surface area is 116 Å². The molecule has 0 bridgehead atoms. The van der Waals surface area contributed by atoms with Crippen molar-refractivity contribution in [1.82, 2.24) is 4.98 Å². The molecule has 1 saturated heterocycles. The van der Waals surface area contributed by atoms with Crippen LogP contribution in [0.2, 0.25) is 0 Å². The molecule has 0 radical (unpaired) electrons. The van der Waals surface area contributed by atoms with Gasteiger partial charge in [-0.3, -0.25) is 14.9 Å². The average molecular weight is 278 g/mol. The van der Waals surface area contributed by atoms with Gasteiger partial charge in [-0.15, -0.1) is 0 Å². The van der Waals surface area contributed by atoms with Crippen LogP contribution in [0.4, 0.5) is 11.5 Å². The quantitative estimate of drug-likeness (QED) is 0.662. The number of nitro groups is 1. The number of aryl methyl sites for hydroxylation is 1. The fraction of sp³-hybridized carbons (Fsp3) is 0.538. The first-order valence-electron chi connectivity index (χ1n) is 6.62. The highest BCUT2D eigenvalue weighted by molar-refractivity contribution is 5.74. The second kappa shape index (κ2) is 5.85. The Morgan fingerprint density at radius 2 is 2.40 bits per heavy atom. The van der Waals surface area contributed by atoms with Gasteiger partial charge in [-0.25, -0.2) is 4.98 Å². The molecule has 1 fully saturated rings. The van der Waals surface area contributed by atoms with Crippen LogP contribution in [0.1, 0.15) is 24.8 Å². The van der Waals surface area contributed by atoms with Crippen LogP contribution in [0, 0.1) is 23.0 Å². The maximum atomic E-state index is 11.2. The van der Waals surface area contributed by atoms with Gasteiger partial charge in [0.1, 0.15) is 0 Å². The summed E-state index contributed by atoms with van der Waals surface area (Å²) in [6.07, 6.45) is 3.69. The summed E-state index contributed by atoms with van der Waals surface area (Å²) < 4.78 is 0. The second-order valence-corrected chi connectivity index (χ2v) is 5.18. The van der Waals surface area contributed by atoms with Gasteiger partial charge in [0.2, 0.25) is 11.7 Å². The number of nitrogens with zero attached hydrogens (tertiary/aromatic N) is 3. The van der Waals surface area contributed by atoms with E-state index in [4.69, 9.17) is 5.73 Å². The number of anilines is 1. The van der Waals surface area contributed by atoms with Crippen molar-refractivity contribution in [2.24, 2.45) is 11.7 Å². The standard InChI is InChI=1S/C13H18N4O3/c1-9-4-5-15-13(12(9)17(19)20)16-6-2-3-10(8-16)7-11(14)18/h4-5,10H,2-3,6-8H2,1H3,(H2,14,18). The lowest BCUT2D eigenvalue weighted by atomic mass is 9.94. The summed E-state index contributed by atoms with van der Waals surface area (Å²) in [4.78, 5) is 27.9. The summed E-state index contributed by atoms with van der Waals surface area (Å²) in [5.74, 6) is 0.205. The number of hydrogen-bond acceptors (Lipinski definition) is 5. The smallest absolute Gasteiger partial charge is 0.314 e. The molecule has 2 heterocycles. The molecule has 7 nitrogen and oxygen atoms in total. The van der Waals surface area contributed by atoms with Crippen LogP contribution in [0.5, 0.6) is 0 Å². The summed E-state index contributed by atoms with van der Waals surface area (Å²) in [6.45, 7) is 3.00. The molecule has 2 N–H and O–H groups in total. The Morgan fingerprint density at radius 1 is 1.65 bits per heavy atom. The third kappa shape index (κ3) is 3.04. The van der Waals surface area contributed by atoms with Crippen LogP contribution >= 0.6 is 0 Å². The van der Waals surface area contributed by atoms with Gasteiger partial charge in [0.05, 0.1) is 4.92 Å². The number of rotatable bonds is 4. The van der Waals surface area contributed by atoms with Gasteiger partial charge in [0.25, 0.3) is 0 Å². The Bertz CT molecular complexity index is 532. The van der Waals surface area contributed by atoms with E-state index in [1.165, 1.54) is 0 Å². The summed E-state index contributed by atoms with van der Waals surface area (Å²) in [5, 5.41) is 11.2. The monoisotopic (exact) mass is 278 g/mol. The van der Waals surface area contributed by atoms with Crippen molar-refractivity contribution in [1.29, 1.82) is 0 Å². The van der Waals surface area contributed by atoms with Crippen molar-refractivity contribution < 1.29 is 9.72 Å². The van der Waals surface area contributed by atoms with Gasteiger partial charge in [-0.05, 0) is 31.7 Å². The van der Waals surface area contributed by atoms with E-state index in [-0.39, 0.29) is 17.5 Å². The summed E-state index contributed by atoms with van der Waals surface area (Å²) >= 11 is 0. The minimum Gasteiger partial charge on any atom is -0.370 e. The molecule has 0 aromatic carbocycles. The Kier molecular flexibility index (Phi) is 4.16. The number of hydrogen-bond donors (Lipinski definition) is 1. The topological polar surface area (TPSA) is 102 Å². The molecule has 1 aliphatic rings. The molecular formula is C13H18N4O3. The highest BCUT2D eigenvalue weighted by Gasteiger charge is 2.28. The van der Waals surface area contributed by atoms with Gasteiger partial charge in [-0.1, -0.05) is 0 Å². The van der Waals surface area contributed by atoms with Crippen LogP contribution in [0.3, 0.4) is 0 Å². The summed E-state index contributed by atoms with van der Waals surface area (Å²) in [6, 6.07) is 1.63. The van der Waals surface area contributed by atoms with E-state index < -0.39 is 4.92 Å². The first kappa shape index (κ1) is 14.2. The fourth-order valence-corrected chi connectivity index (χ4v) is 2.70. The Hall–Kier alpha value is -2.18. The molecule has 1 aromatic heterocycles. The molecule has 108 valence electrons. The van der Waals surface area contributed by atoms with Gasteiger partial charge >= 0.3 is 5.69 Å². The minimum absolute atomic E-state index is 0.0484. The van der Waals surface area contributed by atoms with Crippen molar-refractivity contribution in [2.75, 3.05) is 18.0 Å². The van der Waals surface area contributed by atoms with Crippen molar-refractivity contribution in [2.45, 2.75) is 26.2 Å². The zero-order valence-corrected chi connectivity index (χ0v) is 11.4. The summed E-state index contributed by atoms with van der Waals surface area (Å²) in [7, 11) is 0. The van der Waals surface area contributed by atoms with E-state index in [1.807, 2.05) is 4.90 Å². The molecule has 2 rings (SSSR count). The Morgan fingerprint density at radius 3 is 3.05 bits per heavy atom. The minimum atomic E-state index is -0.393. The van der Waals surface area contributed by atoms with Crippen molar-refractivity contribution in [3.63, 3.8) is 0 Å². The zero-order valence-electron chi connectivity index (χ0n) is 11.4. The Balaban J connectivity index is 2.25. The number of pyridine rings is 1. The number of aromatic nitrogens is 1. The number of piperidine rings is 1.